The first kappa shape index (κ1) is 34.7. The van der Waals surface area contributed by atoms with Crippen LogP contribution in [-0.2, 0) is 0 Å². The van der Waals surface area contributed by atoms with Crippen molar-refractivity contribution >= 4 is 107 Å². The van der Waals surface area contributed by atoms with Gasteiger partial charge in [-0.2, -0.15) is 10.5 Å². The van der Waals surface area contributed by atoms with E-state index in [1.54, 1.807) is 41.3 Å². The van der Waals surface area contributed by atoms with Crippen molar-refractivity contribution in [3.8, 4) is 45.8 Å². The van der Waals surface area contributed by atoms with E-state index in [0.29, 0.717) is 33.6 Å². The minimum absolute atomic E-state index is 0.380. The van der Waals surface area contributed by atoms with Gasteiger partial charge in [0.2, 0.25) is 0 Å². The molecule has 0 saturated heterocycles. The van der Waals surface area contributed by atoms with Gasteiger partial charge < -0.3 is 9.13 Å². The van der Waals surface area contributed by atoms with Crippen molar-refractivity contribution in [2.24, 2.45) is 0 Å². The van der Waals surface area contributed by atoms with E-state index in [9.17, 15) is 10.5 Å². The van der Waals surface area contributed by atoms with Crippen LogP contribution >= 0.6 is 22.7 Å². The number of aromatic nitrogens is 4. The van der Waals surface area contributed by atoms with Crippen molar-refractivity contribution in [2.75, 3.05) is 0 Å². The zero-order valence-electron chi connectivity index (χ0n) is 32.7. The third kappa shape index (κ3) is 4.65. The van der Waals surface area contributed by atoms with Gasteiger partial charge in [0.25, 0.3) is 0 Å². The van der Waals surface area contributed by atoms with Crippen molar-refractivity contribution in [3.63, 3.8) is 0 Å². The number of hydrogen-bond acceptors (Lipinski definition) is 6. The number of rotatable bonds is 4. The monoisotopic (exact) mass is 824 g/mol. The maximum atomic E-state index is 11.8. The van der Waals surface area contributed by atoms with Crippen molar-refractivity contribution in [3.05, 3.63) is 182 Å². The van der Waals surface area contributed by atoms with E-state index >= 15 is 0 Å². The predicted octanol–water partition coefficient (Wildman–Crippen LogP) is 14.5. The maximum absolute atomic E-state index is 11.8. The molecule has 7 aromatic carbocycles. The second-order valence-electron chi connectivity index (χ2n) is 15.5. The number of para-hydroxylation sites is 2. The van der Waals surface area contributed by atoms with Crippen LogP contribution in [0.25, 0.3) is 118 Å². The molecule has 0 saturated carbocycles. The van der Waals surface area contributed by atoms with Crippen LogP contribution < -0.4 is 0 Å². The highest BCUT2D eigenvalue weighted by molar-refractivity contribution is 7.27. The summed E-state index contributed by atoms with van der Waals surface area (Å²) >= 11 is 3.53. The Kier molecular flexibility index (Phi) is 7.38. The number of fused-ring (bicyclic) bond motifs is 14. The second-order valence-corrected chi connectivity index (χ2v) is 17.6. The highest BCUT2D eigenvalue weighted by Gasteiger charge is 2.33. The molecule has 62 heavy (non-hydrogen) atoms. The minimum Gasteiger partial charge on any atom is -0.306 e. The molecule has 6 nitrogen and oxygen atoms in total. The Bertz CT molecular complexity index is 3890. The SMILES string of the molecule is N#Cc1c(-c2cccnc2)c(C#N)c(-n2c3ccccc3c3ccc4c5ccccc5sc4c32)c(-c2cccnc2)c1-n1c2ccccc2c2ccc3c4ccccc4sc3c21. The van der Waals surface area contributed by atoms with Crippen molar-refractivity contribution < 1.29 is 0 Å². The Labute approximate surface area is 361 Å². The molecule has 0 atom stereocenters. The molecule has 0 aliphatic carbocycles. The zero-order valence-corrected chi connectivity index (χ0v) is 34.3. The highest BCUT2D eigenvalue weighted by atomic mass is 32.1. The lowest BCUT2D eigenvalue weighted by Gasteiger charge is -2.25. The molecule has 13 rings (SSSR count). The summed E-state index contributed by atoms with van der Waals surface area (Å²) in [5.74, 6) is 0. The van der Waals surface area contributed by atoms with Crippen LogP contribution in [0, 0.1) is 22.7 Å². The quantitative estimate of drug-likeness (QED) is 0.177. The Morgan fingerprint density at radius 1 is 0.403 bits per heavy atom. The first-order chi connectivity index (χ1) is 30.7. The van der Waals surface area contributed by atoms with Gasteiger partial charge in [0.15, 0.2) is 0 Å². The van der Waals surface area contributed by atoms with E-state index in [-0.39, 0.29) is 0 Å². The molecule has 8 heteroatoms. The molecule has 6 heterocycles. The van der Waals surface area contributed by atoms with Gasteiger partial charge in [0, 0.05) is 99.5 Å². The average Bonchev–Trinajstić information content (AvgIpc) is 4.09. The molecule has 0 aliphatic rings. The maximum Gasteiger partial charge on any atom is 0.102 e. The lowest BCUT2D eigenvalue weighted by atomic mass is 9.87. The van der Waals surface area contributed by atoms with Crippen LogP contribution in [0.2, 0.25) is 0 Å². The minimum atomic E-state index is 0.380. The summed E-state index contributed by atoms with van der Waals surface area (Å²) in [6.45, 7) is 0. The molecule has 0 unspecified atom stereocenters. The standard InChI is InChI=1S/C54H28N6S2/c55-27-41-47(31-11-9-25-57-29-31)42(28-56)50(60-44-18-6-2-14-34(44)38-22-24-40-36-16-4-8-20-46(36)62-54(40)52(38)60)48(32-12-10-26-58-30-32)49(41)59-43-17-5-1-13-33(43)37-21-23-39-35-15-3-7-19-45(35)61-53(39)51(37)59/h1-26,29-30H. The largest absolute Gasteiger partial charge is 0.306 e. The Hall–Kier alpha value is -8.14. The van der Waals surface area contributed by atoms with Gasteiger partial charge in [-0.1, -0.05) is 109 Å². The summed E-state index contributed by atoms with van der Waals surface area (Å²) in [5, 5.41) is 32.6. The van der Waals surface area contributed by atoms with E-state index in [1.807, 2.05) is 30.5 Å². The van der Waals surface area contributed by atoms with Crippen LogP contribution in [0.15, 0.2) is 170 Å². The molecule has 0 spiro atoms. The number of benzene rings is 7. The van der Waals surface area contributed by atoms with Gasteiger partial charge in [-0.25, -0.2) is 0 Å². The van der Waals surface area contributed by atoms with Gasteiger partial charge in [-0.05, 0) is 36.4 Å². The van der Waals surface area contributed by atoms with Crippen LogP contribution in [0.5, 0.6) is 0 Å². The number of nitriles is 2. The number of hydrogen-bond donors (Lipinski definition) is 0. The topological polar surface area (TPSA) is 83.2 Å². The van der Waals surface area contributed by atoms with Gasteiger partial charge in [0.05, 0.1) is 54.0 Å². The molecule has 0 amide bonds. The molecular weight excluding hydrogens is 797 g/mol. The van der Waals surface area contributed by atoms with Crippen molar-refractivity contribution in [1.29, 1.82) is 10.5 Å². The molecule has 286 valence electrons. The second kappa shape index (κ2) is 13.2. The lowest BCUT2D eigenvalue weighted by molar-refractivity contribution is 1.12. The summed E-state index contributed by atoms with van der Waals surface area (Å²) in [6.07, 6.45) is 7.12. The van der Waals surface area contributed by atoms with E-state index < -0.39 is 0 Å². The third-order valence-corrected chi connectivity index (χ3v) is 14.8. The molecule has 6 aromatic heterocycles. The summed E-state index contributed by atoms with van der Waals surface area (Å²) in [5.41, 5.74) is 8.78. The van der Waals surface area contributed by atoms with E-state index in [0.717, 1.165) is 74.9 Å². The lowest BCUT2D eigenvalue weighted by Crippen LogP contribution is -2.11. The normalized spacial score (nSPS) is 11.8. The predicted molar refractivity (Wildman–Crippen MR) is 257 cm³/mol. The molecule has 0 radical (unpaired) electrons. The summed E-state index contributed by atoms with van der Waals surface area (Å²) in [4.78, 5) is 9.28. The summed E-state index contributed by atoms with van der Waals surface area (Å²) in [6, 6.07) is 56.1. The summed E-state index contributed by atoms with van der Waals surface area (Å²) < 4.78 is 9.23. The third-order valence-electron chi connectivity index (χ3n) is 12.4. The van der Waals surface area contributed by atoms with Gasteiger partial charge >= 0.3 is 0 Å². The highest BCUT2D eigenvalue weighted by Crippen LogP contribution is 2.51. The molecule has 13 aromatic rings. The molecule has 0 aliphatic heterocycles. The Morgan fingerprint density at radius 3 is 1.27 bits per heavy atom. The van der Waals surface area contributed by atoms with E-state index in [2.05, 4.69) is 148 Å². The number of nitrogens with zero attached hydrogens (tertiary/aromatic N) is 6. The van der Waals surface area contributed by atoms with Crippen molar-refractivity contribution in [2.45, 2.75) is 0 Å². The summed E-state index contributed by atoms with van der Waals surface area (Å²) in [7, 11) is 0. The molecule has 0 N–H and O–H groups in total. The van der Waals surface area contributed by atoms with Crippen molar-refractivity contribution in [1.82, 2.24) is 19.1 Å². The van der Waals surface area contributed by atoms with Gasteiger partial charge in [0.1, 0.15) is 12.1 Å². The fourth-order valence-electron chi connectivity index (χ4n) is 9.90. The van der Waals surface area contributed by atoms with Crippen LogP contribution in [-0.4, -0.2) is 19.1 Å². The van der Waals surface area contributed by atoms with Crippen LogP contribution in [0.3, 0.4) is 0 Å². The smallest absolute Gasteiger partial charge is 0.102 e. The number of thiophene rings is 2. The fourth-order valence-corrected chi connectivity index (χ4v) is 12.4. The fraction of sp³-hybridized carbons (Fsp3) is 0. The van der Waals surface area contributed by atoms with Crippen LogP contribution in [0.4, 0.5) is 0 Å². The molecule has 0 fully saturated rings. The zero-order chi connectivity index (χ0) is 41.1. The number of pyridine rings is 2. The van der Waals surface area contributed by atoms with E-state index in [4.69, 9.17) is 4.98 Å². The first-order valence-electron chi connectivity index (χ1n) is 20.3. The average molecular weight is 825 g/mol. The first-order valence-corrected chi connectivity index (χ1v) is 21.9. The van der Waals surface area contributed by atoms with Gasteiger partial charge in [-0.15, -0.1) is 22.7 Å². The van der Waals surface area contributed by atoms with Gasteiger partial charge in [-0.3, -0.25) is 9.97 Å². The van der Waals surface area contributed by atoms with Crippen LogP contribution in [0.1, 0.15) is 11.1 Å². The molecule has 0 bridgehead atoms. The molecular formula is C54H28N6S2. The Balaban J connectivity index is 1.35. The Morgan fingerprint density at radius 2 is 0.823 bits per heavy atom. The van der Waals surface area contributed by atoms with E-state index in [1.165, 1.54) is 20.2 Å².